The summed E-state index contributed by atoms with van der Waals surface area (Å²) >= 11 is 0. The Bertz CT molecular complexity index is 967. The van der Waals surface area contributed by atoms with Crippen LogP contribution in [0.2, 0.25) is 0 Å². The molecule has 4 rings (SSSR count). The molecule has 0 unspecified atom stereocenters. The van der Waals surface area contributed by atoms with Crippen molar-refractivity contribution in [2.75, 3.05) is 19.7 Å². The van der Waals surface area contributed by atoms with E-state index >= 15 is 0 Å². The Morgan fingerprint density at radius 3 is 2.52 bits per heavy atom. The van der Waals surface area contributed by atoms with Gasteiger partial charge in [-0.15, -0.1) is 0 Å². The zero-order chi connectivity index (χ0) is 20.1. The van der Waals surface area contributed by atoms with Gasteiger partial charge in [0.15, 0.2) is 0 Å². The van der Waals surface area contributed by atoms with E-state index in [2.05, 4.69) is 9.97 Å². The zero-order valence-corrected chi connectivity index (χ0v) is 16.6. The summed E-state index contributed by atoms with van der Waals surface area (Å²) in [6, 6.07) is 15.5. The molecule has 0 atom stereocenters. The first kappa shape index (κ1) is 19.2. The number of para-hydroxylation sites is 2. The molecule has 0 radical (unpaired) electrons. The summed E-state index contributed by atoms with van der Waals surface area (Å²) < 4.78 is 11.5. The number of benzene rings is 2. The van der Waals surface area contributed by atoms with E-state index in [0.29, 0.717) is 32.0 Å². The van der Waals surface area contributed by atoms with Crippen molar-refractivity contribution < 1.29 is 14.3 Å². The van der Waals surface area contributed by atoms with Crippen LogP contribution in [0.1, 0.15) is 25.3 Å². The fourth-order valence-corrected chi connectivity index (χ4v) is 3.55. The number of carbonyl (C=O) groups excluding carboxylic acids is 1. The molecule has 1 aliphatic heterocycles. The number of hydrogen-bond donors (Lipinski definition) is 0. The average Bonchev–Trinajstić information content (AvgIpc) is 2.76. The molecule has 2 heterocycles. The smallest absolute Gasteiger partial charge is 0.233 e. The average molecular weight is 391 g/mol. The maximum Gasteiger partial charge on any atom is 0.233 e. The fourth-order valence-electron chi connectivity index (χ4n) is 3.55. The molecular weight excluding hydrogens is 366 g/mol. The largest absolute Gasteiger partial charge is 0.494 e. The van der Waals surface area contributed by atoms with E-state index in [9.17, 15) is 4.79 Å². The SMILES string of the molecule is CCOc1ccc(CC(=O)N2CCC(Oc3cnc4ccccc4n3)CC2)cc1. The van der Waals surface area contributed by atoms with Gasteiger partial charge in [0.2, 0.25) is 11.8 Å². The molecule has 6 heteroatoms. The van der Waals surface area contributed by atoms with Crippen molar-refractivity contribution >= 4 is 16.9 Å². The molecular formula is C23H25N3O3. The molecule has 1 aliphatic rings. The molecule has 1 fully saturated rings. The standard InChI is InChI=1S/C23H25N3O3/c1-2-28-18-9-7-17(8-10-18)15-23(27)26-13-11-19(12-14-26)29-22-16-24-20-5-3-4-6-21(20)25-22/h3-10,16,19H,2,11-15H2,1H3. The number of likely N-dealkylation sites (tertiary alicyclic amines) is 1. The normalized spacial score (nSPS) is 14.7. The van der Waals surface area contributed by atoms with Gasteiger partial charge < -0.3 is 14.4 Å². The predicted octanol–water partition coefficient (Wildman–Crippen LogP) is 3.64. The number of nitrogens with zero attached hydrogens (tertiary/aromatic N) is 3. The molecule has 0 aliphatic carbocycles. The number of piperidine rings is 1. The number of aromatic nitrogens is 2. The van der Waals surface area contributed by atoms with E-state index in [4.69, 9.17) is 9.47 Å². The van der Waals surface area contributed by atoms with Gasteiger partial charge in [0.1, 0.15) is 11.9 Å². The molecule has 0 N–H and O–H groups in total. The number of ether oxygens (including phenoxy) is 2. The maximum absolute atomic E-state index is 12.6. The van der Waals surface area contributed by atoms with Crippen LogP contribution in [-0.2, 0) is 11.2 Å². The Morgan fingerprint density at radius 1 is 1.07 bits per heavy atom. The van der Waals surface area contributed by atoms with Gasteiger partial charge in [-0.05, 0) is 36.8 Å². The van der Waals surface area contributed by atoms with Crippen molar-refractivity contribution in [1.82, 2.24) is 14.9 Å². The van der Waals surface area contributed by atoms with Crippen LogP contribution >= 0.6 is 0 Å². The minimum atomic E-state index is 0.0555. The summed E-state index contributed by atoms with van der Waals surface area (Å²) in [6.07, 6.45) is 3.73. The van der Waals surface area contributed by atoms with Gasteiger partial charge in [-0.3, -0.25) is 4.79 Å². The van der Waals surface area contributed by atoms with Crippen molar-refractivity contribution in [3.8, 4) is 11.6 Å². The summed E-state index contributed by atoms with van der Waals surface area (Å²) in [4.78, 5) is 23.5. The fraction of sp³-hybridized carbons (Fsp3) is 0.348. The van der Waals surface area contributed by atoms with Gasteiger partial charge in [0.25, 0.3) is 0 Å². The monoisotopic (exact) mass is 391 g/mol. The van der Waals surface area contributed by atoms with Crippen LogP contribution < -0.4 is 9.47 Å². The Hall–Kier alpha value is -3.15. The highest BCUT2D eigenvalue weighted by Crippen LogP contribution is 2.20. The molecule has 1 amide bonds. The molecule has 0 spiro atoms. The zero-order valence-electron chi connectivity index (χ0n) is 16.6. The second-order valence-corrected chi connectivity index (χ2v) is 7.15. The molecule has 1 aromatic heterocycles. The molecule has 0 bridgehead atoms. The van der Waals surface area contributed by atoms with Crippen molar-refractivity contribution in [2.24, 2.45) is 0 Å². The van der Waals surface area contributed by atoms with E-state index in [1.807, 2.05) is 60.4 Å². The van der Waals surface area contributed by atoms with Crippen LogP contribution in [0.15, 0.2) is 54.7 Å². The first-order valence-electron chi connectivity index (χ1n) is 10.1. The van der Waals surface area contributed by atoms with Crippen LogP contribution in [0.25, 0.3) is 11.0 Å². The second-order valence-electron chi connectivity index (χ2n) is 7.15. The first-order valence-corrected chi connectivity index (χ1v) is 10.1. The molecule has 29 heavy (non-hydrogen) atoms. The lowest BCUT2D eigenvalue weighted by Crippen LogP contribution is -2.42. The minimum absolute atomic E-state index is 0.0555. The molecule has 2 aromatic carbocycles. The van der Waals surface area contributed by atoms with E-state index in [1.54, 1.807) is 6.20 Å². The summed E-state index contributed by atoms with van der Waals surface area (Å²) in [6.45, 7) is 3.99. The minimum Gasteiger partial charge on any atom is -0.494 e. The Kier molecular flexibility index (Phi) is 5.89. The molecule has 6 nitrogen and oxygen atoms in total. The number of carbonyl (C=O) groups is 1. The van der Waals surface area contributed by atoms with Crippen molar-refractivity contribution in [1.29, 1.82) is 0 Å². The third-order valence-electron chi connectivity index (χ3n) is 5.10. The van der Waals surface area contributed by atoms with Gasteiger partial charge in [-0.25, -0.2) is 9.97 Å². The highest BCUT2D eigenvalue weighted by Gasteiger charge is 2.24. The van der Waals surface area contributed by atoms with Crippen LogP contribution in [0, 0.1) is 0 Å². The van der Waals surface area contributed by atoms with Gasteiger partial charge in [-0.2, -0.15) is 0 Å². The number of hydrogen-bond acceptors (Lipinski definition) is 5. The first-order chi connectivity index (χ1) is 14.2. The summed E-state index contributed by atoms with van der Waals surface area (Å²) in [5, 5.41) is 0. The summed E-state index contributed by atoms with van der Waals surface area (Å²) in [5.74, 6) is 1.53. The van der Waals surface area contributed by atoms with Crippen molar-refractivity contribution in [3.05, 3.63) is 60.3 Å². The van der Waals surface area contributed by atoms with Crippen LogP contribution in [0.4, 0.5) is 0 Å². The summed E-state index contributed by atoms with van der Waals surface area (Å²) in [7, 11) is 0. The van der Waals surface area contributed by atoms with Crippen molar-refractivity contribution in [2.45, 2.75) is 32.3 Å². The third kappa shape index (κ3) is 4.83. The predicted molar refractivity (Wildman–Crippen MR) is 111 cm³/mol. The van der Waals surface area contributed by atoms with E-state index in [-0.39, 0.29) is 12.0 Å². The van der Waals surface area contributed by atoms with E-state index < -0.39 is 0 Å². The molecule has 150 valence electrons. The van der Waals surface area contributed by atoms with Crippen molar-refractivity contribution in [3.63, 3.8) is 0 Å². The van der Waals surface area contributed by atoms with Gasteiger partial charge in [0.05, 0.1) is 30.3 Å². The third-order valence-corrected chi connectivity index (χ3v) is 5.10. The molecule has 3 aromatic rings. The molecule has 0 saturated carbocycles. The lowest BCUT2D eigenvalue weighted by Gasteiger charge is -2.32. The van der Waals surface area contributed by atoms with Gasteiger partial charge in [0, 0.05) is 25.9 Å². The van der Waals surface area contributed by atoms with Crippen LogP contribution in [0.5, 0.6) is 11.6 Å². The Balaban J connectivity index is 1.28. The number of amides is 1. The molecule has 1 saturated heterocycles. The number of fused-ring (bicyclic) bond motifs is 1. The van der Waals surface area contributed by atoms with Crippen LogP contribution in [-0.4, -0.2) is 46.6 Å². The topological polar surface area (TPSA) is 64.5 Å². The van der Waals surface area contributed by atoms with Crippen LogP contribution in [0.3, 0.4) is 0 Å². The van der Waals surface area contributed by atoms with Gasteiger partial charge in [-0.1, -0.05) is 24.3 Å². The van der Waals surface area contributed by atoms with Gasteiger partial charge >= 0.3 is 0 Å². The van der Waals surface area contributed by atoms with E-state index in [0.717, 1.165) is 35.2 Å². The summed E-state index contributed by atoms with van der Waals surface area (Å²) in [5.41, 5.74) is 2.69. The second kappa shape index (κ2) is 8.90. The highest BCUT2D eigenvalue weighted by molar-refractivity contribution is 5.79. The Morgan fingerprint density at radius 2 is 1.79 bits per heavy atom. The lowest BCUT2D eigenvalue weighted by atomic mass is 10.1. The lowest BCUT2D eigenvalue weighted by molar-refractivity contribution is -0.132. The highest BCUT2D eigenvalue weighted by atomic mass is 16.5. The Labute approximate surface area is 170 Å². The number of rotatable bonds is 6. The van der Waals surface area contributed by atoms with E-state index in [1.165, 1.54) is 0 Å². The maximum atomic E-state index is 12.6. The quantitative estimate of drug-likeness (QED) is 0.642.